The predicted octanol–water partition coefficient (Wildman–Crippen LogP) is 3.89. The number of aryl methyl sites for hydroxylation is 2. The van der Waals surface area contributed by atoms with Crippen LogP contribution in [0.5, 0.6) is 0 Å². The van der Waals surface area contributed by atoms with Crippen LogP contribution in [0, 0.1) is 27.7 Å². The summed E-state index contributed by atoms with van der Waals surface area (Å²) in [7, 11) is -3.86. The number of aromatic nitrogens is 2. The number of hydrogen-bond acceptors (Lipinski definition) is 8. The van der Waals surface area contributed by atoms with Crippen molar-refractivity contribution in [1.82, 2.24) is 10.2 Å². The minimum absolute atomic E-state index is 0.0372. The molecule has 0 radical (unpaired) electrons. The van der Waals surface area contributed by atoms with Crippen LogP contribution < -0.4 is 15.8 Å². The molecule has 0 bridgehead atoms. The third kappa shape index (κ3) is 5.82. The molecule has 1 aromatic heterocycles. The maximum absolute atomic E-state index is 12.4. The van der Waals surface area contributed by atoms with E-state index in [1.54, 1.807) is 13.8 Å². The van der Waals surface area contributed by atoms with E-state index < -0.39 is 10.0 Å². The molecule has 0 aliphatic rings. The first kappa shape index (κ1) is 23.2. The summed E-state index contributed by atoms with van der Waals surface area (Å²) >= 11 is 2.61. The van der Waals surface area contributed by atoms with Crippen molar-refractivity contribution < 1.29 is 13.2 Å². The highest BCUT2D eigenvalue weighted by atomic mass is 32.2. The summed E-state index contributed by atoms with van der Waals surface area (Å²) in [5.41, 5.74) is 5.20. The summed E-state index contributed by atoms with van der Waals surface area (Å²) < 4.78 is 24.0. The zero-order valence-electron chi connectivity index (χ0n) is 17.5. The number of benzene rings is 2. The number of amides is 1. The van der Waals surface area contributed by atoms with E-state index in [9.17, 15) is 13.2 Å². The lowest BCUT2D eigenvalue weighted by Crippen LogP contribution is -2.17. The zero-order valence-corrected chi connectivity index (χ0v) is 20.0. The maximum Gasteiger partial charge on any atom is 0.238 e. The van der Waals surface area contributed by atoms with Crippen molar-refractivity contribution in [2.45, 2.75) is 36.9 Å². The highest BCUT2D eigenvalue weighted by Crippen LogP contribution is 2.30. The lowest BCUT2D eigenvalue weighted by molar-refractivity contribution is -0.113. The minimum Gasteiger partial charge on any atom is -0.330 e. The third-order valence-corrected chi connectivity index (χ3v) is 7.69. The molecule has 0 aliphatic heterocycles. The van der Waals surface area contributed by atoms with Gasteiger partial charge in [-0.3, -0.25) is 4.79 Å². The van der Waals surface area contributed by atoms with E-state index in [1.807, 2.05) is 32.0 Å². The smallest absolute Gasteiger partial charge is 0.238 e. The predicted molar refractivity (Wildman–Crippen MR) is 126 cm³/mol. The third-order valence-electron chi connectivity index (χ3n) is 4.82. The average Bonchev–Trinajstić information content (AvgIpc) is 3.14. The number of sulfonamides is 1. The number of carbonyl (C=O) groups is 1. The molecule has 4 N–H and O–H groups in total. The fraction of sp³-hybridized carbons (Fsp3) is 0.250. The SMILES string of the molecule is Cc1cc(S(N)(=O)=O)cc(NC(=O)CSc2nnc(Nc3cccc(C)c3C)s2)c1C. The van der Waals surface area contributed by atoms with Crippen molar-refractivity contribution in [3.63, 3.8) is 0 Å². The van der Waals surface area contributed by atoms with Gasteiger partial charge in [0.05, 0.1) is 10.6 Å². The number of hydrogen-bond donors (Lipinski definition) is 3. The monoisotopic (exact) mass is 477 g/mol. The van der Waals surface area contributed by atoms with E-state index in [1.165, 1.54) is 40.8 Å². The Kier molecular flexibility index (Phi) is 6.99. The van der Waals surface area contributed by atoms with E-state index in [2.05, 4.69) is 20.8 Å². The minimum atomic E-state index is -3.86. The Morgan fingerprint density at radius 3 is 2.48 bits per heavy atom. The van der Waals surface area contributed by atoms with Crippen molar-refractivity contribution >= 4 is 55.5 Å². The number of nitrogens with two attached hydrogens (primary N) is 1. The molecule has 1 heterocycles. The van der Waals surface area contributed by atoms with Crippen LogP contribution in [-0.4, -0.2) is 30.3 Å². The molecule has 2 aromatic carbocycles. The number of carbonyl (C=O) groups excluding carboxylic acids is 1. The first-order valence-electron chi connectivity index (χ1n) is 9.28. The number of primary sulfonamides is 1. The molecular weight excluding hydrogens is 454 g/mol. The van der Waals surface area contributed by atoms with Crippen LogP contribution in [0.1, 0.15) is 22.3 Å². The Hall–Kier alpha value is -2.47. The summed E-state index contributed by atoms with van der Waals surface area (Å²) in [6.07, 6.45) is 0. The second-order valence-corrected chi connectivity index (χ2v) is 10.8. The average molecular weight is 478 g/mol. The molecular formula is C20H23N5O3S3. The molecule has 0 aliphatic carbocycles. The normalized spacial score (nSPS) is 11.4. The van der Waals surface area contributed by atoms with Gasteiger partial charge in [0.2, 0.25) is 21.1 Å². The lowest BCUT2D eigenvalue weighted by atomic mass is 10.1. The highest BCUT2D eigenvalue weighted by Gasteiger charge is 2.15. The Morgan fingerprint density at radius 2 is 1.77 bits per heavy atom. The van der Waals surface area contributed by atoms with Gasteiger partial charge in [-0.1, -0.05) is 35.2 Å². The molecule has 3 rings (SSSR count). The fourth-order valence-electron chi connectivity index (χ4n) is 2.75. The molecule has 11 heteroatoms. The van der Waals surface area contributed by atoms with Gasteiger partial charge in [-0.05, 0) is 68.1 Å². The van der Waals surface area contributed by atoms with Crippen molar-refractivity contribution in [3.8, 4) is 0 Å². The van der Waals surface area contributed by atoms with Gasteiger partial charge >= 0.3 is 0 Å². The van der Waals surface area contributed by atoms with Gasteiger partial charge in [0.25, 0.3) is 0 Å². The van der Waals surface area contributed by atoms with Gasteiger partial charge in [0.15, 0.2) is 4.34 Å². The highest BCUT2D eigenvalue weighted by molar-refractivity contribution is 8.01. The Balaban J connectivity index is 1.63. The summed E-state index contributed by atoms with van der Waals surface area (Å²) in [5, 5.41) is 20.1. The molecule has 0 saturated carbocycles. The maximum atomic E-state index is 12.4. The quantitative estimate of drug-likeness (QED) is 0.441. The molecule has 164 valence electrons. The Bertz CT molecular complexity index is 1240. The summed E-state index contributed by atoms with van der Waals surface area (Å²) in [4.78, 5) is 12.4. The van der Waals surface area contributed by atoms with Crippen LogP contribution in [0.25, 0.3) is 0 Å². The summed E-state index contributed by atoms with van der Waals surface area (Å²) in [6.45, 7) is 7.65. The van der Waals surface area contributed by atoms with Crippen LogP contribution in [0.4, 0.5) is 16.5 Å². The second-order valence-electron chi connectivity index (χ2n) is 7.04. The number of rotatable bonds is 7. The van der Waals surface area contributed by atoms with Gasteiger partial charge in [-0.25, -0.2) is 13.6 Å². The molecule has 3 aromatic rings. The largest absolute Gasteiger partial charge is 0.330 e. The lowest BCUT2D eigenvalue weighted by Gasteiger charge is -2.12. The number of anilines is 3. The van der Waals surface area contributed by atoms with Gasteiger partial charge < -0.3 is 10.6 Å². The first-order chi connectivity index (χ1) is 14.5. The Labute approximate surface area is 189 Å². The molecule has 0 unspecified atom stereocenters. The number of thioether (sulfide) groups is 1. The molecule has 31 heavy (non-hydrogen) atoms. The van der Waals surface area contributed by atoms with Gasteiger partial charge in [0, 0.05) is 11.4 Å². The van der Waals surface area contributed by atoms with Crippen molar-refractivity contribution in [1.29, 1.82) is 0 Å². The first-order valence-corrected chi connectivity index (χ1v) is 12.6. The number of nitrogens with zero attached hydrogens (tertiary/aromatic N) is 2. The molecule has 0 fully saturated rings. The van der Waals surface area contributed by atoms with Gasteiger partial charge in [0.1, 0.15) is 0 Å². The van der Waals surface area contributed by atoms with Crippen LogP contribution in [0.2, 0.25) is 0 Å². The van der Waals surface area contributed by atoms with E-state index in [4.69, 9.17) is 5.14 Å². The summed E-state index contributed by atoms with van der Waals surface area (Å²) in [6, 6.07) is 8.85. The zero-order chi connectivity index (χ0) is 22.8. The van der Waals surface area contributed by atoms with Gasteiger partial charge in [-0.15, -0.1) is 10.2 Å². The topological polar surface area (TPSA) is 127 Å². The van der Waals surface area contributed by atoms with Gasteiger partial charge in [-0.2, -0.15) is 0 Å². The molecule has 1 amide bonds. The second kappa shape index (κ2) is 9.35. The van der Waals surface area contributed by atoms with Crippen LogP contribution in [0.15, 0.2) is 39.6 Å². The molecule has 0 saturated heterocycles. The summed E-state index contributed by atoms with van der Waals surface area (Å²) in [5.74, 6) is -0.172. The molecule has 0 spiro atoms. The van der Waals surface area contributed by atoms with E-state index >= 15 is 0 Å². The van der Waals surface area contributed by atoms with Crippen LogP contribution >= 0.6 is 23.1 Å². The molecule has 0 atom stereocenters. The van der Waals surface area contributed by atoms with Crippen molar-refractivity contribution in [2.75, 3.05) is 16.4 Å². The van der Waals surface area contributed by atoms with Crippen LogP contribution in [-0.2, 0) is 14.8 Å². The fourth-order valence-corrected chi connectivity index (χ4v) is 4.94. The molecule has 8 nitrogen and oxygen atoms in total. The van der Waals surface area contributed by atoms with E-state index in [0.717, 1.165) is 22.4 Å². The standard InChI is InChI=1S/C20H23N5O3S3/c1-11-6-5-7-16(13(11)3)23-19-24-25-20(30-19)29-10-18(26)22-17-9-15(31(21,27)28)8-12(2)14(17)4/h5-9H,10H2,1-4H3,(H,22,26)(H,23,24)(H2,21,27,28). The van der Waals surface area contributed by atoms with Crippen LogP contribution in [0.3, 0.4) is 0 Å². The van der Waals surface area contributed by atoms with E-state index in [-0.39, 0.29) is 16.6 Å². The number of nitrogens with one attached hydrogen (secondary N) is 2. The van der Waals surface area contributed by atoms with Crippen molar-refractivity contribution in [2.24, 2.45) is 5.14 Å². The Morgan fingerprint density at radius 1 is 1.06 bits per heavy atom. The van der Waals surface area contributed by atoms with Crippen molar-refractivity contribution in [3.05, 3.63) is 52.6 Å². The van der Waals surface area contributed by atoms with E-state index in [0.29, 0.717) is 15.2 Å².